The van der Waals surface area contributed by atoms with E-state index < -0.39 is 5.91 Å². The summed E-state index contributed by atoms with van der Waals surface area (Å²) in [6.45, 7) is 0.259. The maximum atomic E-state index is 11.6. The number of carbonyl (C=O) groups excluding carboxylic acids is 1. The fourth-order valence-electron chi connectivity index (χ4n) is 2.45. The standard InChI is InChI=1S/C18H16N2O3/c1-22-15-9-3-8-14(18(19)21)17(15)23-11-13-6-2-5-12-7-4-10-20-16(12)13/h2-10H,11H2,1H3,(H2,19,21). The smallest absolute Gasteiger partial charge is 0.252 e. The Morgan fingerprint density at radius 3 is 2.70 bits per heavy atom. The van der Waals surface area contributed by atoms with E-state index in [-0.39, 0.29) is 12.2 Å². The summed E-state index contributed by atoms with van der Waals surface area (Å²) in [7, 11) is 1.52. The van der Waals surface area contributed by atoms with Gasteiger partial charge in [-0.3, -0.25) is 9.78 Å². The molecule has 0 fully saturated rings. The second-order valence-electron chi connectivity index (χ2n) is 4.98. The molecule has 0 aliphatic rings. The second-order valence-corrected chi connectivity index (χ2v) is 4.98. The predicted molar refractivity (Wildman–Crippen MR) is 87.6 cm³/mol. The van der Waals surface area contributed by atoms with Crippen molar-refractivity contribution >= 4 is 16.8 Å². The Balaban J connectivity index is 1.95. The van der Waals surface area contributed by atoms with Gasteiger partial charge in [0.2, 0.25) is 0 Å². The van der Waals surface area contributed by atoms with Gasteiger partial charge in [0.15, 0.2) is 11.5 Å². The van der Waals surface area contributed by atoms with E-state index in [4.69, 9.17) is 15.2 Å². The summed E-state index contributed by atoms with van der Waals surface area (Å²) in [5.74, 6) is 0.250. The number of primary amides is 1. The summed E-state index contributed by atoms with van der Waals surface area (Å²) < 4.78 is 11.1. The number of fused-ring (bicyclic) bond motifs is 1. The van der Waals surface area contributed by atoms with E-state index in [2.05, 4.69) is 4.98 Å². The number of aromatic nitrogens is 1. The first-order valence-electron chi connectivity index (χ1n) is 7.13. The summed E-state index contributed by atoms with van der Waals surface area (Å²) in [5, 5.41) is 1.03. The largest absolute Gasteiger partial charge is 0.493 e. The van der Waals surface area contributed by atoms with Gasteiger partial charge in [-0.15, -0.1) is 0 Å². The van der Waals surface area contributed by atoms with Crippen molar-refractivity contribution in [1.82, 2.24) is 4.98 Å². The highest BCUT2D eigenvalue weighted by molar-refractivity contribution is 5.96. The van der Waals surface area contributed by atoms with Gasteiger partial charge in [0, 0.05) is 17.1 Å². The van der Waals surface area contributed by atoms with Crippen LogP contribution >= 0.6 is 0 Å². The molecule has 0 aliphatic heterocycles. The van der Waals surface area contributed by atoms with Gasteiger partial charge in [0.1, 0.15) is 6.61 Å². The highest BCUT2D eigenvalue weighted by Gasteiger charge is 2.15. The third-order valence-corrected chi connectivity index (χ3v) is 3.55. The van der Waals surface area contributed by atoms with Gasteiger partial charge in [-0.1, -0.05) is 30.3 Å². The van der Waals surface area contributed by atoms with Crippen molar-refractivity contribution < 1.29 is 14.3 Å². The zero-order valence-corrected chi connectivity index (χ0v) is 12.7. The van der Waals surface area contributed by atoms with Crippen LogP contribution in [0.1, 0.15) is 15.9 Å². The number of carbonyl (C=O) groups is 1. The van der Waals surface area contributed by atoms with E-state index in [9.17, 15) is 4.79 Å². The number of pyridine rings is 1. The molecule has 0 unspecified atom stereocenters. The van der Waals surface area contributed by atoms with Crippen LogP contribution in [0.3, 0.4) is 0 Å². The summed E-state index contributed by atoms with van der Waals surface area (Å²) in [5.41, 5.74) is 7.49. The topological polar surface area (TPSA) is 74.4 Å². The minimum Gasteiger partial charge on any atom is -0.493 e. The lowest BCUT2D eigenvalue weighted by Gasteiger charge is -2.14. The first-order valence-corrected chi connectivity index (χ1v) is 7.13. The van der Waals surface area contributed by atoms with Gasteiger partial charge in [-0.2, -0.15) is 0 Å². The number of nitrogens with zero attached hydrogens (tertiary/aromatic N) is 1. The zero-order chi connectivity index (χ0) is 16.2. The summed E-state index contributed by atoms with van der Waals surface area (Å²) in [4.78, 5) is 16.0. The maximum absolute atomic E-state index is 11.6. The van der Waals surface area contributed by atoms with Crippen molar-refractivity contribution in [3.63, 3.8) is 0 Å². The third kappa shape index (κ3) is 2.94. The highest BCUT2D eigenvalue weighted by atomic mass is 16.5. The summed E-state index contributed by atoms with van der Waals surface area (Å²) in [6, 6.07) is 14.8. The fraction of sp³-hybridized carbons (Fsp3) is 0.111. The fourth-order valence-corrected chi connectivity index (χ4v) is 2.45. The van der Waals surface area contributed by atoms with Crippen LogP contribution in [0.4, 0.5) is 0 Å². The second kappa shape index (κ2) is 6.36. The molecule has 5 nitrogen and oxygen atoms in total. The normalized spacial score (nSPS) is 10.5. The number of amides is 1. The number of benzene rings is 2. The van der Waals surface area contributed by atoms with Crippen LogP contribution < -0.4 is 15.2 Å². The van der Waals surface area contributed by atoms with Crippen molar-refractivity contribution in [2.45, 2.75) is 6.61 Å². The highest BCUT2D eigenvalue weighted by Crippen LogP contribution is 2.32. The number of para-hydroxylation sites is 2. The average molecular weight is 308 g/mol. The molecule has 0 saturated heterocycles. The molecular weight excluding hydrogens is 292 g/mol. The van der Waals surface area contributed by atoms with E-state index in [0.29, 0.717) is 11.5 Å². The number of ether oxygens (including phenoxy) is 2. The molecule has 0 spiro atoms. The Labute approximate surface area is 133 Å². The molecule has 1 amide bonds. The van der Waals surface area contributed by atoms with Crippen molar-refractivity contribution in [1.29, 1.82) is 0 Å². The van der Waals surface area contributed by atoms with Gasteiger partial charge in [0.25, 0.3) is 5.91 Å². The number of hydrogen-bond donors (Lipinski definition) is 1. The first-order chi connectivity index (χ1) is 11.2. The summed E-state index contributed by atoms with van der Waals surface area (Å²) in [6.07, 6.45) is 1.74. The molecule has 2 N–H and O–H groups in total. The van der Waals surface area contributed by atoms with Gasteiger partial charge in [0.05, 0.1) is 18.2 Å². The van der Waals surface area contributed by atoms with Crippen LogP contribution in [0.25, 0.3) is 10.9 Å². The van der Waals surface area contributed by atoms with Gasteiger partial charge < -0.3 is 15.2 Å². The zero-order valence-electron chi connectivity index (χ0n) is 12.7. The molecule has 0 atom stereocenters. The van der Waals surface area contributed by atoms with Crippen LogP contribution in [-0.2, 0) is 6.61 Å². The minimum atomic E-state index is -0.560. The molecule has 23 heavy (non-hydrogen) atoms. The Morgan fingerprint density at radius 1 is 1.13 bits per heavy atom. The monoisotopic (exact) mass is 308 g/mol. The lowest BCUT2D eigenvalue weighted by Crippen LogP contribution is -2.13. The molecule has 5 heteroatoms. The molecular formula is C18H16N2O3. The van der Waals surface area contributed by atoms with Crippen molar-refractivity contribution in [3.8, 4) is 11.5 Å². The van der Waals surface area contributed by atoms with Crippen molar-refractivity contribution in [2.24, 2.45) is 5.73 Å². The quantitative estimate of drug-likeness (QED) is 0.786. The Morgan fingerprint density at radius 2 is 1.91 bits per heavy atom. The molecule has 2 aromatic carbocycles. The predicted octanol–water partition coefficient (Wildman–Crippen LogP) is 2.92. The van der Waals surface area contributed by atoms with Crippen LogP contribution in [-0.4, -0.2) is 18.0 Å². The van der Waals surface area contributed by atoms with Gasteiger partial charge >= 0.3 is 0 Å². The van der Waals surface area contributed by atoms with Crippen LogP contribution in [0.15, 0.2) is 54.7 Å². The number of methoxy groups -OCH3 is 1. The molecule has 116 valence electrons. The van der Waals surface area contributed by atoms with E-state index >= 15 is 0 Å². The SMILES string of the molecule is COc1cccc(C(N)=O)c1OCc1cccc2cccnc12. The Kier molecular flexibility index (Phi) is 4.10. The number of nitrogens with two attached hydrogens (primary N) is 1. The van der Waals surface area contributed by atoms with Crippen LogP contribution in [0, 0.1) is 0 Å². The van der Waals surface area contributed by atoms with Crippen molar-refractivity contribution in [2.75, 3.05) is 7.11 Å². The molecule has 0 radical (unpaired) electrons. The lowest BCUT2D eigenvalue weighted by atomic mass is 10.1. The van der Waals surface area contributed by atoms with E-state index in [1.807, 2.05) is 30.3 Å². The van der Waals surface area contributed by atoms with Gasteiger partial charge in [-0.05, 0) is 18.2 Å². The lowest BCUT2D eigenvalue weighted by molar-refractivity contribution is 0.0995. The van der Waals surface area contributed by atoms with Crippen LogP contribution in [0.2, 0.25) is 0 Å². The maximum Gasteiger partial charge on any atom is 0.252 e. The van der Waals surface area contributed by atoms with Crippen LogP contribution in [0.5, 0.6) is 11.5 Å². The van der Waals surface area contributed by atoms with E-state index in [1.54, 1.807) is 24.4 Å². The number of hydrogen-bond acceptors (Lipinski definition) is 4. The molecule has 3 aromatic rings. The average Bonchev–Trinajstić information content (AvgIpc) is 2.59. The summed E-state index contributed by atoms with van der Waals surface area (Å²) >= 11 is 0. The Hall–Kier alpha value is -3.08. The van der Waals surface area contributed by atoms with E-state index in [1.165, 1.54) is 7.11 Å². The molecule has 0 saturated carbocycles. The molecule has 1 aromatic heterocycles. The van der Waals surface area contributed by atoms with E-state index in [0.717, 1.165) is 16.5 Å². The number of rotatable bonds is 5. The molecule has 0 aliphatic carbocycles. The molecule has 1 heterocycles. The molecule has 0 bridgehead atoms. The van der Waals surface area contributed by atoms with Gasteiger partial charge in [-0.25, -0.2) is 0 Å². The third-order valence-electron chi connectivity index (χ3n) is 3.55. The van der Waals surface area contributed by atoms with Crippen molar-refractivity contribution in [3.05, 3.63) is 65.9 Å². The first kappa shape index (κ1) is 14.8. The minimum absolute atomic E-state index is 0.259. The molecule has 3 rings (SSSR count). The Bertz CT molecular complexity index is 857.